The van der Waals surface area contributed by atoms with Crippen molar-refractivity contribution >= 4 is 33.9 Å². The van der Waals surface area contributed by atoms with E-state index in [1.807, 2.05) is 0 Å². The molecule has 1 unspecified atom stereocenters. The number of nitrogens with two attached hydrogens (primary N) is 1. The quantitative estimate of drug-likeness (QED) is 0.782. The second-order valence-corrected chi connectivity index (χ2v) is 4.88. The molecular weight excluding hydrogens is 314 g/mol. The lowest BCUT2D eigenvalue weighted by atomic mass is 10.1. The number of aliphatic carboxylic acids is 1. The molecule has 0 heterocycles. The first-order valence-electron chi connectivity index (χ1n) is 5.53. The predicted octanol–water partition coefficient (Wildman–Crippen LogP) is 2.05. The van der Waals surface area contributed by atoms with Gasteiger partial charge in [0.2, 0.25) is 5.91 Å². The maximum absolute atomic E-state index is 10.9. The van der Waals surface area contributed by atoms with Crippen LogP contribution in [-0.4, -0.2) is 23.6 Å². The molecule has 19 heavy (non-hydrogen) atoms. The molecule has 5 nitrogen and oxygen atoms in total. The summed E-state index contributed by atoms with van der Waals surface area (Å²) in [5.41, 5.74) is 5.75. The van der Waals surface area contributed by atoms with Crippen molar-refractivity contribution in [3.8, 4) is 5.75 Å². The second kappa shape index (κ2) is 6.94. The Morgan fingerprint density at radius 2 is 2.21 bits per heavy atom. The van der Waals surface area contributed by atoms with Crippen LogP contribution in [0.3, 0.4) is 0 Å². The van der Waals surface area contributed by atoms with Gasteiger partial charge in [0, 0.05) is 16.1 Å². The largest absolute Gasteiger partial charge is 0.492 e. The Morgan fingerprint density at radius 1 is 1.53 bits per heavy atom. The second-order valence-electron chi connectivity index (χ2n) is 3.97. The molecule has 1 amide bonds. The molecule has 0 aliphatic rings. The van der Waals surface area contributed by atoms with Crippen LogP contribution in [0.2, 0.25) is 0 Å². The molecule has 1 atom stereocenters. The van der Waals surface area contributed by atoms with Crippen molar-refractivity contribution < 1.29 is 19.4 Å². The Bertz CT molecular complexity index is 513. The first-order chi connectivity index (χ1) is 8.90. The van der Waals surface area contributed by atoms with Gasteiger partial charge in [-0.1, -0.05) is 22.9 Å². The summed E-state index contributed by atoms with van der Waals surface area (Å²) < 4.78 is 6.28. The highest BCUT2D eigenvalue weighted by Crippen LogP contribution is 2.25. The summed E-state index contributed by atoms with van der Waals surface area (Å²) in [6.07, 6.45) is 2.45. The van der Waals surface area contributed by atoms with Crippen LogP contribution in [-0.2, 0) is 9.59 Å². The van der Waals surface area contributed by atoms with Gasteiger partial charge in [-0.2, -0.15) is 0 Å². The van der Waals surface area contributed by atoms with Crippen LogP contribution in [0.4, 0.5) is 0 Å². The van der Waals surface area contributed by atoms with Crippen molar-refractivity contribution in [1.82, 2.24) is 0 Å². The SMILES string of the molecule is CC(COc1ccc(Br)cc1/C=C/C(=O)O)C(N)=O. The molecule has 0 saturated carbocycles. The van der Waals surface area contributed by atoms with Crippen molar-refractivity contribution in [2.24, 2.45) is 11.7 Å². The van der Waals surface area contributed by atoms with Crippen LogP contribution >= 0.6 is 15.9 Å². The molecule has 1 aromatic carbocycles. The molecule has 0 radical (unpaired) electrons. The number of benzene rings is 1. The number of rotatable bonds is 6. The minimum Gasteiger partial charge on any atom is -0.492 e. The Labute approximate surface area is 119 Å². The van der Waals surface area contributed by atoms with Gasteiger partial charge in [0.1, 0.15) is 5.75 Å². The molecule has 3 N–H and O–H groups in total. The zero-order valence-electron chi connectivity index (χ0n) is 10.3. The highest BCUT2D eigenvalue weighted by atomic mass is 79.9. The van der Waals surface area contributed by atoms with E-state index in [0.717, 1.165) is 10.5 Å². The first-order valence-corrected chi connectivity index (χ1v) is 6.32. The number of hydrogen-bond acceptors (Lipinski definition) is 3. The zero-order chi connectivity index (χ0) is 14.4. The average molecular weight is 328 g/mol. The third kappa shape index (κ3) is 5.13. The van der Waals surface area contributed by atoms with E-state index in [-0.39, 0.29) is 6.61 Å². The van der Waals surface area contributed by atoms with Crippen molar-refractivity contribution in [3.05, 3.63) is 34.3 Å². The summed E-state index contributed by atoms with van der Waals surface area (Å²) in [5, 5.41) is 8.63. The lowest BCUT2D eigenvalue weighted by Crippen LogP contribution is -2.25. The number of amides is 1. The van der Waals surface area contributed by atoms with Gasteiger partial charge in [-0.25, -0.2) is 4.79 Å². The van der Waals surface area contributed by atoms with E-state index in [2.05, 4.69) is 15.9 Å². The highest BCUT2D eigenvalue weighted by molar-refractivity contribution is 9.10. The van der Waals surface area contributed by atoms with E-state index in [1.165, 1.54) is 6.08 Å². The molecule has 102 valence electrons. The molecule has 1 rings (SSSR count). The number of carboxylic acids is 1. The first kappa shape index (κ1) is 15.2. The molecule has 0 saturated heterocycles. The molecule has 1 aromatic rings. The topological polar surface area (TPSA) is 89.6 Å². The fourth-order valence-corrected chi connectivity index (χ4v) is 1.62. The van der Waals surface area contributed by atoms with Crippen LogP contribution in [0.15, 0.2) is 28.7 Å². The van der Waals surface area contributed by atoms with Gasteiger partial charge in [0.15, 0.2) is 0 Å². The Balaban J connectivity index is 2.87. The molecule has 0 bridgehead atoms. The Kier molecular flexibility index (Phi) is 5.57. The number of primary amides is 1. The normalized spacial score (nSPS) is 12.3. The maximum Gasteiger partial charge on any atom is 0.328 e. The Hall–Kier alpha value is -1.82. The number of carbonyl (C=O) groups excluding carboxylic acids is 1. The van der Waals surface area contributed by atoms with E-state index in [1.54, 1.807) is 25.1 Å². The lowest BCUT2D eigenvalue weighted by molar-refractivity contribution is -0.131. The third-order valence-corrected chi connectivity index (χ3v) is 2.85. The van der Waals surface area contributed by atoms with Crippen LogP contribution in [0.5, 0.6) is 5.75 Å². The summed E-state index contributed by atoms with van der Waals surface area (Å²) in [4.78, 5) is 21.4. The van der Waals surface area contributed by atoms with Crippen LogP contribution in [0.25, 0.3) is 6.08 Å². The van der Waals surface area contributed by atoms with E-state index >= 15 is 0 Å². The summed E-state index contributed by atoms with van der Waals surface area (Å²) >= 11 is 3.30. The molecular formula is C13H14BrNO4. The van der Waals surface area contributed by atoms with Gasteiger partial charge in [0.05, 0.1) is 12.5 Å². The van der Waals surface area contributed by atoms with Gasteiger partial charge in [-0.05, 0) is 24.3 Å². The number of ether oxygens (including phenoxy) is 1. The minimum atomic E-state index is -1.04. The lowest BCUT2D eigenvalue weighted by Gasteiger charge is -2.12. The predicted molar refractivity (Wildman–Crippen MR) is 74.7 cm³/mol. The number of halogens is 1. The number of carbonyl (C=O) groups is 2. The van der Waals surface area contributed by atoms with Crippen LogP contribution in [0, 0.1) is 5.92 Å². The van der Waals surface area contributed by atoms with Gasteiger partial charge < -0.3 is 15.6 Å². The van der Waals surface area contributed by atoms with Crippen molar-refractivity contribution in [1.29, 1.82) is 0 Å². The van der Waals surface area contributed by atoms with E-state index in [4.69, 9.17) is 15.6 Å². The van der Waals surface area contributed by atoms with Gasteiger partial charge in [-0.15, -0.1) is 0 Å². The van der Waals surface area contributed by atoms with Crippen LogP contribution < -0.4 is 10.5 Å². The third-order valence-electron chi connectivity index (χ3n) is 2.35. The summed E-state index contributed by atoms with van der Waals surface area (Å²) in [6, 6.07) is 5.19. The molecule has 6 heteroatoms. The van der Waals surface area contributed by atoms with E-state index in [9.17, 15) is 9.59 Å². The van der Waals surface area contributed by atoms with Crippen molar-refractivity contribution in [2.75, 3.05) is 6.61 Å². The van der Waals surface area contributed by atoms with E-state index < -0.39 is 17.8 Å². The molecule has 0 aliphatic carbocycles. The smallest absolute Gasteiger partial charge is 0.328 e. The Morgan fingerprint density at radius 3 is 2.79 bits per heavy atom. The summed E-state index contributed by atoms with van der Waals surface area (Å²) in [5.74, 6) is -1.41. The van der Waals surface area contributed by atoms with Gasteiger partial charge in [-0.3, -0.25) is 4.79 Å². The van der Waals surface area contributed by atoms with Gasteiger partial charge >= 0.3 is 5.97 Å². The average Bonchev–Trinajstić information content (AvgIpc) is 2.34. The van der Waals surface area contributed by atoms with E-state index in [0.29, 0.717) is 11.3 Å². The number of carboxylic acid groups (broad SMARTS) is 1. The summed E-state index contributed by atoms with van der Waals surface area (Å²) in [6.45, 7) is 1.80. The highest BCUT2D eigenvalue weighted by Gasteiger charge is 2.10. The van der Waals surface area contributed by atoms with Crippen LogP contribution in [0.1, 0.15) is 12.5 Å². The zero-order valence-corrected chi connectivity index (χ0v) is 11.9. The molecule has 0 spiro atoms. The summed E-state index contributed by atoms with van der Waals surface area (Å²) in [7, 11) is 0. The van der Waals surface area contributed by atoms with Crippen molar-refractivity contribution in [3.63, 3.8) is 0 Å². The minimum absolute atomic E-state index is 0.144. The number of hydrogen-bond donors (Lipinski definition) is 2. The molecule has 0 fully saturated rings. The fourth-order valence-electron chi connectivity index (χ4n) is 1.24. The molecule has 0 aliphatic heterocycles. The molecule has 0 aromatic heterocycles. The fraction of sp³-hybridized carbons (Fsp3) is 0.231. The standard InChI is InChI=1S/C13H14BrNO4/c1-8(13(15)18)7-19-11-4-3-10(14)6-9(11)2-5-12(16)17/h2-6,8H,7H2,1H3,(H2,15,18)(H,16,17)/b5-2+. The van der Waals surface area contributed by atoms with Crippen molar-refractivity contribution in [2.45, 2.75) is 6.92 Å². The maximum atomic E-state index is 10.9. The van der Waals surface area contributed by atoms with Gasteiger partial charge in [0.25, 0.3) is 0 Å². The monoisotopic (exact) mass is 327 g/mol.